The number of hydrogen-bond acceptors (Lipinski definition) is 2. The maximum atomic E-state index is 12.7. The van der Waals surface area contributed by atoms with Crippen molar-refractivity contribution in [2.45, 2.75) is 24.1 Å². The molecule has 0 aromatic carbocycles. The van der Waals surface area contributed by atoms with Crippen LogP contribution in [0.2, 0.25) is 0 Å². The summed E-state index contributed by atoms with van der Waals surface area (Å²) in [6, 6.07) is 0. The minimum absolute atomic E-state index is 0.0578. The van der Waals surface area contributed by atoms with Crippen LogP contribution in [0, 0.1) is 10.1 Å². The van der Waals surface area contributed by atoms with Gasteiger partial charge in [-0.15, -0.1) is 0 Å². The molecule has 0 aromatic heterocycles. The van der Waals surface area contributed by atoms with Gasteiger partial charge in [0.05, 0.1) is 11.3 Å². The van der Waals surface area contributed by atoms with E-state index in [-0.39, 0.29) is 23.4 Å². The lowest BCUT2D eigenvalue weighted by Crippen LogP contribution is -2.13. The molecule has 62 valence electrons. The Bertz CT molecular complexity index is 217. The molecule has 0 aliphatic heterocycles. The standard InChI is InChI=1S/C6H7BrFNO2/c7-4-1-2-5(8)6(3-4)9(10)11/h4H,1-3H2. The third-order valence-electron chi connectivity index (χ3n) is 1.63. The van der Waals surface area contributed by atoms with Crippen molar-refractivity contribution >= 4 is 15.9 Å². The Morgan fingerprint density at radius 2 is 2.36 bits per heavy atom. The molecule has 1 unspecified atom stereocenters. The van der Waals surface area contributed by atoms with E-state index in [0.29, 0.717) is 6.42 Å². The molecule has 1 rings (SSSR count). The summed E-state index contributed by atoms with van der Waals surface area (Å²) in [7, 11) is 0. The lowest BCUT2D eigenvalue weighted by atomic mass is 10.0. The molecule has 0 fully saturated rings. The fraction of sp³-hybridized carbons (Fsp3) is 0.667. The van der Waals surface area contributed by atoms with E-state index in [4.69, 9.17) is 0 Å². The highest BCUT2D eigenvalue weighted by Gasteiger charge is 2.27. The van der Waals surface area contributed by atoms with Gasteiger partial charge >= 0.3 is 0 Å². The van der Waals surface area contributed by atoms with Gasteiger partial charge in [-0.2, -0.15) is 0 Å². The van der Waals surface area contributed by atoms with Crippen LogP contribution >= 0.6 is 15.9 Å². The van der Waals surface area contributed by atoms with Gasteiger partial charge in [0.15, 0.2) is 5.83 Å². The quantitative estimate of drug-likeness (QED) is 0.390. The molecule has 0 bridgehead atoms. The van der Waals surface area contributed by atoms with Gasteiger partial charge in [0.2, 0.25) is 0 Å². The maximum Gasteiger partial charge on any atom is 0.278 e. The van der Waals surface area contributed by atoms with Crippen LogP contribution in [0.15, 0.2) is 11.5 Å². The zero-order valence-electron chi connectivity index (χ0n) is 5.72. The van der Waals surface area contributed by atoms with Gasteiger partial charge in [0.1, 0.15) is 0 Å². The SMILES string of the molecule is O=[N+]([O-])C1=C(F)CCC(Br)C1. The smallest absolute Gasteiger partial charge is 0.259 e. The topological polar surface area (TPSA) is 43.1 Å². The molecule has 0 saturated heterocycles. The number of rotatable bonds is 1. The summed E-state index contributed by atoms with van der Waals surface area (Å²) in [5, 5.41) is 10.2. The maximum absolute atomic E-state index is 12.7. The Balaban J connectivity index is 2.80. The molecule has 1 aliphatic carbocycles. The van der Waals surface area contributed by atoms with Gasteiger partial charge in [-0.3, -0.25) is 10.1 Å². The Morgan fingerprint density at radius 1 is 1.73 bits per heavy atom. The van der Waals surface area contributed by atoms with E-state index in [2.05, 4.69) is 15.9 Å². The van der Waals surface area contributed by atoms with Crippen molar-refractivity contribution in [1.82, 2.24) is 0 Å². The van der Waals surface area contributed by atoms with Gasteiger partial charge in [-0.1, -0.05) is 15.9 Å². The number of halogens is 2. The molecule has 0 N–H and O–H groups in total. The molecule has 5 heteroatoms. The summed E-state index contributed by atoms with van der Waals surface area (Å²) in [6.07, 6.45) is 1.02. The number of alkyl halides is 1. The zero-order chi connectivity index (χ0) is 8.43. The summed E-state index contributed by atoms with van der Waals surface area (Å²) in [6.45, 7) is 0. The molecule has 11 heavy (non-hydrogen) atoms. The van der Waals surface area contributed by atoms with Crippen molar-refractivity contribution < 1.29 is 9.31 Å². The third-order valence-corrected chi connectivity index (χ3v) is 2.41. The number of nitro groups is 1. The lowest BCUT2D eigenvalue weighted by Gasteiger charge is -2.12. The predicted molar refractivity (Wildman–Crippen MR) is 41.7 cm³/mol. The highest BCUT2D eigenvalue weighted by Crippen LogP contribution is 2.30. The summed E-state index contributed by atoms with van der Waals surface area (Å²) in [5.74, 6) is -0.564. The van der Waals surface area contributed by atoms with E-state index in [9.17, 15) is 14.5 Å². The molecule has 0 heterocycles. The van der Waals surface area contributed by atoms with E-state index >= 15 is 0 Å². The van der Waals surface area contributed by atoms with Crippen molar-refractivity contribution in [3.8, 4) is 0 Å². The molecule has 1 aliphatic rings. The van der Waals surface area contributed by atoms with Crippen LogP contribution in [0.4, 0.5) is 4.39 Å². The Kier molecular flexibility index (Phi) is 2.59. The highest BCUT2D eigenvalue weighted by molar-refractivity contribution is 9.09. The third kappa shape index (κ3) is 1.99. The van der Waals surface area contributed by atoms with E-state index < -0.39 is 10.8 Å². The summed E-state index contributed by atoms with van der Waals surface area (Å²) >= 11 is 3.22. The van der Waals surface area contributed by atoms with Crippen molar-refractivity contribution in [3.63, 3.8) is 0 Å². The van der Waals surface area contributed by atoms with Gasteiger partial charge in [-0.25, -0.2) is 4.39 Å². The molecule has 0 radical (unpaired) electrons. The first-order chi connectivity index (χ1) is 5.11. The van der Waals surface area contributed by atoms with Gasteiger partial charge in [0.25, 0.3) is 5.70 Å². The van der Waals surface area contributed by atoms with E-state index in [1.807, 2.05) is 0 Å². The van der Waals surface area contributed by atoms with Crippen molar-refractivity contribution in [1.29, 1.82) is 0 Å². The lowest BCUT2D eigenvalue weighted by molar-refractivity contribution is -0.431. The van der Waals surface area contributed by atoms with Crippen LogP contribution in [0.3, 0.4) is 0 Å². The molecule has 1 atom stereocenters. The fourth-order valence-electron chi connectivity index (χ4n) is 1.02. The minimum atomic E-state index is -0.636. The molecule has 0 amide bonds. The second kappa shape index (κ2) is 3.30. The van der Waals surface area contributed by atoms with Gasteiger partial charge in [-0.05, 0) is 6.42 Å². The van der Waals surface area contributed by atoms with Gasteiger partial charge < -0.3 is 0 Å². The average molecular weight is 224 g/mol. The minimum Gasteiger partial charge on any atom is -0.259 e. The molecule has 0 spiro atoms. The van der Waals surface area contributed by atoms with Crippen LogP contribution in [-0.2, 0) is 0 Å². The van der Waals surface area contributed by atoms with Crippen LogP contribution in [-0.4, -0.2) is 9.75 Å². The first-order valence-electron chi connectivity index (χ1n) is 3.27. The van der Waals surface area contributed by atoms with Crippen LogP contribution in [0.5, 0.6) is 0 Å². The van der Waals surface area contributed by atoms with Crippen molar-refractivity contribution in [2.24, 2.45) is 0 Å². The van der Waals surface area contributed by atoms with Crippen LogP contribution < -0.4 is 0 Å². The van der Waals surface area contributed by atoms with E-state index in [1.54, 1.807) is 0 Å². The predicted octanol–water partition coefficient (Wildman–Crippen LogP) is 2.39. The highest BCUT2D eigenvalue weighted by atomic mass is 79.9. The number of allylic oxidation sites excluding steroid dienone is 2. The van der Waals surface area contributed by atoms with Gasteiger partial charge in [0, 0.05) is 11.2 Å². The van der Waals surface area contributed by atoms with Crippen LogP contribution in [0.25, 0.3) is 0 Å². The zero-order valence-corrected chi connectivity index (χ0v) is 7.30. The monoisotopic (exact) mass is 223 g/mol. The van der Waals surface area contributed by atoms with Crippen molar-refractivity contribution in [3.05, 3.63) is 21.6 Å². The van der Waals surface area contributed by atoms with Crippen molar-refractivity contribution in [2.75, 3.05) is 0 Å². The van der Waals surface area contributed by atoms with E-state index in [0.717, 1.165) is 0 Å². The normalized spacial score (nSPS) is 25.5. The molecular weight excluding hydrogens is 217 g/mol. The Hall–Kier alpha value is -0.450. The Labute approximate surface area is 71.6 Å². The molecule has 3 nitrogen and oxygen atoms in total. The fourth-order valence-corrected chi connectivity index (χ4v) is 1.56. The first kappa shape index (κ1) is 8.64. The molecule has 0 saturated carbocycles. The first-order valence-corrected chi connectivity index (χ1v) is 4.19. The second-order valence-corrected chi connectivity index (χ2v) is 3.74. The number of hydrogen-bond donors (Lipinski definition) is 0. The summed E-state index contributed by atoms with van der Waals surface area (Å²) in [4.78, 5) is 9.62. The molecular formula is C6H7BrFNO2. The van der Waals surface area contributed by atoms with E-state index in [1.165, 1.54) is 0 Å². The molecule has 0 aromatic rings. The Morgan fingerprint density at radius 3 is 2.82 bits per heavy atom. The number of nitrogens with zero attached hydrogens (tertiary/aromatic N) is 1. The average Bonchev–Trinajstić information content (AvgIpc) is 1.94. The van der Waals surface area contributed by atoms with Crippen LogP contribution in [0.1, 0.15) is 19.3 Å². The largest absolute Gasteiger partial charge is 0.278 e. The summed E-state index contributed by atoms with van der Waals surface area (Å²) in [5.41, 5.74) is -0.266. The second-order valence-electron chi connectivity index (χ2n) is 2.45. The summed E-state index contributed by atoms with van der Waals surface area (Å²) < 4.78 is 12.7.